The van der Waals surface area contributed by atoms with E-state index in [1.165, 1.54) is 4.90 Å². The third-order valence-electron chi connectivity index (χ3n) is 4.18. The molecule has 0 atom stereocenters. The highest BCUT2D eigenvalue weighted by atomic mass is 16.6. The molecule has 2 aromatic carbocycles. The van der Waals surface area contributed by atoms with Gasteiger partial charge in [-0.05, 0) is 62.2 Å². The smallest absolute Gasteiger partial charge is 0.413 e. The van der Waals surface area contributed by atoms with Crippen molar-refractivity contribution in [2.45, 2.75) is 33.6 Å². The molecule has 2 rings (SSSR count). The zero-order valence-corrected chi connectivity index (χ0v) is 18.1. The first-order valence-corrected chi connectivity index (χ1v) is 10.2. The van der Waals surface area contributed by atoms with Crippen LogP contribution in [0.4, 0.5) is 16.2 Å². The Balaban J connectivity index is 2.10. The molecule has 0 bridgehead atoms. The Morgan fingerprint density at radius 3 is 2.13 bits per heavy atom. The quantitative estimate of drug-likeness (QED) is 0.585. The van der Waals surface area contributed by atoms with Crippen LogP contribution in [0.3, 0.4) is 0 Å². The van der Waals surface area contributed by atoms with Crippen LogP contribution in [0.25, 0.3) is 0 Å². The summed E-state index contributed by atoms with van der Waals surface area (Å²) in [5, 5.41) is 2.85. The highest BCUT2D eigenvalue weighted by Gasteiger charge is 2.14. The van der Waals surface area contributed by atoms with E-state index in [0.717, 1.165) is 12.8 Å². The van der Waals surface area contributed by atoms with Gasteiger partial charge in [-0.15, -0.1) is 0 Å². The van der Waals surface area contributed by atoms with Gasteiger partial charge >= 0.3 is 6.09 Å². The molecular weight excluding hydrogens is 384 g/mol. The van der Waals surface area contributed by atoms with Crippen LogP contribution in [0.5, 0.6) is 11.5 Å². The number of hydrogen-bond donors (Lipinski definition) is 1. The van der Waals surface area contributed by atoms with E-state index in [-0.39, 0.29) is 5.91 Å². The van der Waals surface area contributed by atoms with Gasteiger partial charge in [-0.25, -0.2) is 4.79 Å². The Labute approximate surface area is 177 Å². The molecule has 0 aliphatic heterocycles. The minimum atomic E-state index is -0.431. The predicted molar refractivity (Wildman–Crippen MR) is 118 cm³/mol. The maximum Gasteiger partial charge on any atom is 0.413 e. The highest BCUT2D eigenvalue weighted by Crippen LogP contribution is 2.29. The Morgan fingerprint density at radius 2 is 1.53 bits per heavy atom. The van der Waals surface area contributed by atoms with Crippen molar-refractivity contribution in [1.82, 2.24) is 0 Å². The fraction of sp³-hybridized carbons (Fsp3) is 0.391. The Morgan fingerprint density at radius 1 is 0.900 bits per heavy atom. The molecule has 2 amide bonds. The number of rotatable bonds is 10. The largest absolute Gasteiger partial charge is 0.490 e. The van der Waals surface area contributed by atoms with E-state index >= 15 is 0 Å². The van der Waals surface area contributed by atoms with E-state index < -0.39 is 6.09 Å². The maximum atomic E-state index is 12.7. The Bertz CT molecular complexity index is 836. The number of nitrogens with one attached hydrogen (secondary N) is 1. The molecule has 30 heavy (non-hydrogen) atoms. The van der Waals surface area contributed by atoms with E-state index in [1.54, 1.807) is 56.4 Å². The second-order valence-corrected chi connectivity index (χ2v) is 6.62. The van der Waals surface area contributed by atoms with Gasteiger partial charge in [-0.3, -0.25) is 9.69 Å². The fourth-order valence-electron chi connectivity index (χ4n) is 2.60. The number of carbonyl (C=O) groups is 2. The molecule has 0 radical (unpaired) electrons. The van der Waals surface area contributed by atoms with Gasteiger partial charge in [0.15, 0.2) is 11.5 Å². The van der Waals surface area contributed by atoms with Crippen molar-refractivity contribution in [1.29, 1.82) is 0 Å². The zero-order valence-electron chi connectivity index (χ0n) is 18.1. The average molecular weight is 415 g/mol. The maximum absolute atomic E-state index is 12.7. The molecule has 1 N–H and O–H groups in total. The fourth-order valence-corrected chi connectivity index (χ4v) is 2.60. The summed E-state index contributed by atoms with van der Waals surface area (Å²) in [6.07, 6.45) is 1.31. The Kier molecular flexibility index (Phi) is 9.00. The first-order chi connectivity index (χ1) is 14.5. The third kappa shape index (κ3) is 6.40. The second-order valence-electron chi connectivity index (χ2n) is 6.62. The van der Waals surface area contributed by atoms with E-state index in [9.17, 15) is 9.59 Å². The summed E-state index contributed by atoms with van der Waals surface area (Å²) in [4.78, 5) is 25.9. The summed E-state index contributed by atoms with van der Waals surface area (Å²) in [5.74, 6) is 0.933. The normalized spacial score (nSPS) is 10.3. The average Bonchev–Trinajstić information content (AvgIpc) is 2.76. The van der Waals surface area contributed by atoms with Crippen LogP contribution < -0.4 is 19.7 Å². The summed E-state index contributed by atoms with van der Waals surface area (Å²) in [5.41, 5.74) is 1.75. The van der Waals surface area contributed by atoms with Gasteiger partial charge in [-0.1, -0.05) is 13.8 Å². The van der Waals surface area contributed by atoms with Crippen LogP contribution in [-0.2, 0) is 4.74 Å². The monoisotopic (exact) mass is 414 g/mol. The minimum Gasteiger partial charge on any atom is -0.490 e. The van der Waals surface area contributed by atoms with Crippen LogP contribution in [0.15, 0.2) is 42.5 Å². The van der Waals surface area contributed by atoms with Crippen molar-refractivity contribution in [2.75, 3.05) is 37.1 Å². The molecule has 162 valence electrons. The molecule has 0 aliphatic carbocycles. The molecule has 0 aromatic heterocycles. The van der Waals surface area contributed by atoms with Crippen molar-refractivity contribution in [3.05, 3.63) is 48.0 Å². The molecule has 0 saturated heterocycles. The number of hydrogen-bond acceptors (Lipinski definition) is 5. The highest BCUT2D eigenvalue weighted by molar-refractivity contribution is 6.04. The van der Waals surface area contributed by atoms with Crippen molar-refractivity contribution >= 4 is 23.4 Å². The van der Waals surface area contributed by atoms with Gasteiger partial charge in [0.2, 0.25) is 0 Å². The second kappa shape index (κ2) is 11.7. The van der Waals surface area contributed by atoms with Gasteiger partial charge in [0, 0.05) is 24.0 Å². The first kappa shape index (κ1) is 23.1. The lowest BCUT2D eigenvalue weighted by atomic mass is 10.1. The van der Waals surface area contributed by atoms with Crippen LogP contribution in [0, 0.1) is 0 Å². The third-order valence-corrected chi connectivity index (χ3v) is 4.18. The van der Waals surface area contributed by atoms with Crippen molar-refractivity contribution in [3.63, 3.8) is 0 Å². The van der Waals surface area contributed by atoms with Crippen molar-refractivity contribution < 1.29 is 23.8 Å². The summed E-state index contributed by atoms with van der Waals surface area (Å²) >= 11 is 0. The van der Waals surface area contributed by atoms with Crippen molar-refractivity contribution in [3.8, 4) is 11.5 Å². The summed E-state index contributed by atoms with van der Waals surface area (Å²) < 4.78 is 16.4. The van der Waals surface area contributed by atoms with Gasteiger partial charge in [-0.2, -0.15) is 0 Å². The van der Waals surface area contributed by atoms with Crippen LogP contribution in [-0.4, -0.2) is 38.9 Å². The SMILES string of the molecule is CCCOc1ccc(C(=O)Nc2ccc(N(C)C(=O)OCC)cc2)cc1OCCC. The summed E-state index contributed by atoms with van der Waals surface area (Å²) in [6.45, 7) is 7.25. The van der Waals surface area contributed by atoms with Crippen molar-refractivity contribution in [2.24, 2.45) is 0 Å². The van der Waals surface area contributed by atoms with E-state index in [4.69, 9.17) is 14.2 Å². The molecule has 0 spiro atoms. The van der Waals surface area contributed by atoms with Gasteiger partial charge < -0.3 is 19.5 Å². The zero-order chi connectivity index (χ0) is 21.9. The van der Waals surface area contributed by atoms with Gasteiger partial charge in [0.1, 0.15) is 0 Å². The lowest BCUT2D eigenvalue weighted by Gasteiger charge is -2.17. The summed E-state index contributed by atoms with van der Waals surface area (Å²) in [7, 11) is 1.63. The van der Waals surface area contributed by atoms with E-state index in [0.29, 0.717) is 48.3 Å². The van der Waals surface area contributed by atoms with E-state index in [1.807, 2.05) is 13.8 Å². The van der Waals surface area contributed by atoms with Crippen LogP contribution in [0.1, 0.15) is 44.0 Å². The van der Waals surface area contributed by atoms with Gasteiger partial charge in [0.05, 0.1) is 19.8 Å². The standard InChI is InChI=1S/C23H30N2O5/c1-5-14-29-20-13-8-17(16-21(20)30-15-6-2)22(26)24-18-9-11-19(12-10-18)25(4)23(27)28-7-3/h8-13,16H,5-7,14-15H2,1-4H3,(H,24,26). The number of carbonyl (C=O) groups excluding carboxylic acids is 2. The Hall–Kier alpha value is -3.22. The number of anilines is 2. The lowest BCUT2D eigenvalue weighted by molar-refractivity contribution is 0.102. The topological polar surface area (TPSA) is 77.1 Å². The number of amides is 2. The minimum absolute atomic E-state index is 0.259. The lowest BCUT2D eigenvalue weighted by Crippen LogP contribution is -2.26. The predicted octanol–water partition coefficient (Wildman–Crippen LogP) is 5.11. The molecule has 2 aromatic rings. The first-order valence-electron chi connectivity index (χ1n) is 10.2. The number of nitrogens with zero attached hydrogens (tertiary/aromatic N) is 1. The molecule has 7 nitrogen and oxygen atoms in total. The molecule has 0 unspecified atom stereocenters. The molecule has 0 fully saturated rings. The van der Waals surface area contributed by atoms with Crippen LogP contribution in [0.2, 0.25) is 0 Å². The molecule has 0 saturated carbocycles. The number of benzene rings is 2. The molecule has 7 heteroatoms. The number of ether oxygens (including phenoxy) is 3. The molecule has 0 heterocycles. The summed E-state index contributed by atoms with van der Waals surface area (Å²) in [6, 6.07) is 12.1. The van der Waals surface area contributed by atoms with E-state index in [2.05, 4.69) is 5.32 Å². The van der Waals surface area contributed by atoms with Crippen LogP contribution >= 0.6 is 0 Å². The van der Waals surface area contributed by atoms with Gasteiger partial charge in [0.25, 0.3) is 5.91 Å². The molecular formula is C23H30N2O5. The molecule has 0 aliphatic rings.